The molecule has 1 aromatic carbocycles. The topological polar surface area (TPSA) is 50.4 Å². The molecule has 0 bridgehead atoms. The van der Waals surface area contributed by atoms with E-state index < -0.39 is 0 Å². The first-order valence-corrected chi connectivity index (χ1v) is 7.85. The minimum absolute atomic E-state index is 0.140. The molecule has 0 spiro atoms. The van der Waals surface area contributed by atoms with E-state index in [2.05, 4.69) is 10.6 Å². The van der Waals surface area contributed by atoms with Crippen molar-refractivity contribution in [2.75, 3.05) is 13.2 Å². The van der Waals surface area contributed by atoms with E-state index >= 15 is 0 Å². The van der Waals surface area contributed by atoms with Crippen LogP contribution in [0.2, 0.25) is 0 Å². The molecule has 2 amide bonds. The SMILES string of the molecule is Cc1ccc(OCCCNC(=O)NCc2cccs2)cc1. The molecule has 0 aliphatic carbocycles. The van der Waals surface area contributed by atoms with E-state index in [-0.39, 0.29) is 6.03 Å². The van der Waals surface area contributed by atoms with Gasteiger partial charge in [-0.1, -0.05) is 23.8 Å². The van der Waals surface area contributed by atoms with Gasteiger partial charge in [-0.25, -0.2) is 4.79 Å². The molecule has 0 aliphatic rings. The largest absolute Gasteiger partial charge is 0.494 e. The highest BCUT2D eigenvalue weighted by Crippen LogP contribution is 2.11. The highest BCUT2D eigenvalue weighted by Gasteiger charge is 2.00. The van der Waals surface area contributed by atoms with E-state index in [0.717, 1.165) is 17.0 Å². The normalized spacial score (nSPS) is 10.1. The highest BCUT2D eigenvalue weighted by molar-refractivity contribution is 7.09. The number of hydrogen-bond donors (Lipinski definition) is 2. The van der Waals surface area contributed by atoms with Crippen LogP contribution >= 0.6 is 11.3 Å². The molecule has 0 radical (unpaired) electrons. The van der Waals surface area contributed by atoms with Crippen LogP contribution in [0.15, 0.2) is 41.8 Å². The number of ether oxygens (including phenoxy) is 1. The Balaban J connectivity index is 1.53. The zero-order valence-electron chi connectivity index (χ0n) is 12.1. The Hall–Kier alpha value is -2.01. The van der Waals surface area contributed by atoms with Gasteiger partial charge in [-0.2, -0.15) is 0 Å². The van der Waals surface area contributed by atoms with E-state index in [1.807, 2.05) is 48.7 Å². The van der Waals surface area contributed by atoms with Crippen LogP contribution in [0.5, 0.6) is 5.75 Å². The van der Waals surface area contributed by atoms with Crippen molar-refractivity contribution in [1.29, 1.82) is 0 Å². The van der Waals surface area contributed by atoms with Gasteiger partial charge < -0.3 is 15.4 Å². The maximum atomic E-state index is 11.6. The minimum Gasteiger partial charge on any atom is -0.494 e. The molecular weight excluding hydrogens is 284 g/mol. The second-order valence-corrected chi connectivity index (χ2v) is 5.74. The lowest BCUT2D eigenvalue weighted by molar-refractivity contribution is 0.239. The Bertz CT molecular complexity index is 538. The molecule has 5 heteroatoms. The van der Waals surface area contributed by atoms with Gasteiger partial charge in [-0.05, 0) is 36.9 Å². The molecule has 21 heavy (non-hydrogen) atoms. The maximum Gasteiger partial charge on any atom is 0.315 e. The molecule has 0 unspecified atom stereocenters. The Morgan fingerprint density at radius 1 is 1.19 bits per heavy atom. The Morgan fingerprint density at radius 3 is 2.71 bits per heavy atom. The first-order valence-electron chi connectivity index (χ1n) is 6.97. The summed E-state index contributed by atoms with van der Waals surface area (Å²) in [5.74, 6) is 0.864. The summed E-state index contributed by atoms with van der Waals surface area (Å²) >= 11 is 1.63. The molecule has 0 aliphatic heterocycles. The predicted octanol–water partition coefficient (Wildman–Crippen LogP) is 3.32. The highest BCUT2D eigenvalue weighted by atomic mass is 32.1. The van der Waals surface area contributed by atoms with E-state index in [1.54, 1.807) is 11.3 Å². The molecule has 4 nitrogen and oxygen atoms in total. The second-order valence-electron chi connectivity index (χ2n) is 4.70. The van der Waals surface area contributed by atoms with Gasteiger partial charge in [0.15, 0.2) is 0 Å². The molecule has 1 heterocycles. The number of benzene rings is 1. The van der Waals surface area contributed by atoms with Crippen LogP contribution < -0.4 is 15.4 Å². The number of hydrogen-bond acceptors (Lipinski definition) is 3. The van der Waals surface area contributed by atoms with Crippen molar-refractivity contribution >= 4 is 17.4 Å². The molecule has 1 aromatic heterocycles. The maximum absolute atomic E-state index is 11.6. The lowest BCUT2D eigenvalue weighted by Crippen LogP contribution is -2.35. The van der Waals surface area contributed by atoms with Crippen LogP contribution in [-0.2, 0) is 6.54 Å². The summed E-state index contributed by atoms with van der Waals surface area (Å²) in [6.45, 7) is 3.81. The smallest absolute Gasteiger partial charge is 0.315 e. The summed E-state index contributed by atoms with van der Waals surface area (Å²) in [5, 5.41) is 7.63. The molecule has 0 saturated carbocycles. The number of nitrogens with one attached hydrogen (secondary N) is 2. The third kappa shape index (κ3) is 5.87. The second kappa shape index (κ2) is 8.32. The number of amides is 2. The van der Waals surface area contributed by atoms with E-state index in [0.29, 0.717) is 19.7 Å². The molecule has 2 rings (SSSR count). The van der Waals surface area contributed by atoms with E-state index in [1.165, 1.54) is 5.56 Å². The monoisotopic (exact) mass is 304 g/mol. The van der Waals surface area contributed by atoms with Crippen molar-refractivity contribution in [3.8, 4) is 5.75 Å². The van der Waals surface area contributed by atoms with Crippen molar-refractivity contribution < 1.29 is 9.53 Å². The molecule has 0 fully saturated rings. The Labute approximate surface area is 129 Å². The number of aryl methyl sites for hydroxylation is 1. The number of carbonyl (C=O) groups is 1. The third-order valence-electron chi connectivity index (χ3n) is 2.90. The van der Waals surface area contributed by atoms with Gasteiger partial charge >= 0.3 is 6.03 Å². The average Bonchev–Trinajstić information content (AvgIpc) is 3.00. The summed E-state index contributed by atoms with van der Waals surface area (Å²) in [6, 6.07) is 11.8. The van der Waals surface area contributed by atoms with Crippen LogP contribution in [0.1, 0.15) is 16.9 Å². The number of urea groups is 1. The van der Waals surface area contributed by atoms with Crippen LogP contribution in [0.25, 0.3) is 0 Å². The van der Waals surface area contributed by atoms with Crippen LogP contribution in [-0.4, -0.2) is 19.2 Å². The quantitative estimate of drug-likeness (QED) is 0.771. The fourth-order valence-corrected chi connectivity index (χ4v) is 2.39. The average molecular weight is 304 g/mol. The summed E-state index contributed by atoms with van der Waals surface area (Å²) < 4.78 is 5.59. The van der Waals surface area contributed by atoms with Gasteiger partial charge in [-0.3, -0.25) is 0 Å². The summed E-state index contributed by atoms with van der Waals surface area (Å²) in [4.78, 5) is 12.7. The standard InChI is InChI=1S/C16H20N2O2S/c1-13-5-7-14(8-6-13)20-10-3-9-17-16(19)18-12-15-4-2-11-21-15/h2,4-8,11H,3,9-10,12H2,1H3,(H2,17,18,19). The van der Waals surface area contributed by atoms with Crippen molar-refractivity contribution in [1.82, 2.24) is 10.6 Å². The van der Waals surface area contributed by atoms with Crippen LogP contribution in [0.4, 0.5) is 4.79 Å². The number of carbonyl (C=O) groups excluding carboxylic acids is 1. The van der Waals surface area contributed by atoms with Crippen LogP contribution in [0, 0.1) is 6.92 Å². The first-order chi connectivity index (χ1) is 10.2. The van der Waals surface area contributed by atoms with Gasteiger partial charge in [0, 0.05) is 11.4 Å². The lowest BCUT2D eigenvalue weighted by Gasteiger charge is -2.08. The fraction of sp³-hybridized carbons (Fsp3) is 0.312. The van der Waals surface area contributed by atoms with Crippen molar-refractivity contribution in [3.63, 3.8) is 0 Å². The van der Waals surface area contributed by atoms with Gasteiger partial charge in [0.1, 0.15) is 5.75 Å². The van der Waals surface area contributed by atoms with Gasteiger partial charge in [0.2, 0.25) is 0 Å². The molecule has 0 saturated heterocycles. The van der Waals surface area contributed by atoms with Crippen molar-refractivity contribution in [3.05, 3.63) is 52.2 Å². The molecular formula is C16H20N2O2S. The zero-order chi connectivity index (χ0) is 14.9. The molecule has 112 valence electrons. The van der Waals surface area contributed by atoms with Gasteiger partial charge in [-0.15, -0.1) is 11.3 Å². The molecule has 0 atom stereocenters. The molecule has 2 aromatic rings. The Morgan fingerprint density at radius 2 is 2.00 bits per heavy atom. The summed E-state index contributed by atoms with van der Waals surface area (Å²) in [5.41, 5.74) is 1.21. The van der Waals surface area contributed by atoms with Crippen molar-refractivity contribution in [2.45, 2.75) is 19.9 Å². The van der Waals surface area contributed by atoms with Gasteiger partial charge in [0.25, 0.3) is 0 Å². The number of thiophene rings is 1. The predicted molar refractivity (Wildman–Crippen MR) is 85.8 cm³/mol. The molecule has 2 N–H and O–H groups in total. The lowest BCUT2D eigenvalue weighted by atomic mass is 10.2. The number of rotatable bonds is 7. The fourth-order valence-electron chi connectivity index (χ4n) is 1.74. The van der Waals surface area contributed by atoms with E-state index in [9.17, 15) is 4.79 Å². The van der Waals surface area contributed by atoms with Gasteiger partial charge in [0.05, 0.1) is 13.2 Å². The van der Waals surface area contributed by atoms with Crippen LogP contribution in [0.3, 0.4) is 0 Å². The van der Waals surface area contributed by atoms with E-state index in [4.69, 9.17) is 4.74 Å². The third-order valence-corrected chi connectivity index (χ3v) is 3.78. The summed E-state index contributed by atoms with van der Waals surface area (Å²) in [7, 11) is 0. The summed E-state index contributed by atoms with van der Waals surface area (Å²) in [6.07, 6.45) is 0.778. The van der Waals surface area contributed by atoms with Crippen molar-refractivity contribution in [2.24, 2.45) is 0 Å². The minimum atomic E-state index is -0.140. The first kappa shape index (κ1) is 15.4. The zero-order valence-corrected chi connectivity index (χ0v) is 12.9. The Kier molecular flexibility index (Phi) is 6.09.